The number of esters is 1. The molecule has 6 nitrogen and oxygen atoms in total. The van der Waals surface area contributed by atoms with Crippen molar-refractivity contribution in [3.05, 3.63) is 70.3 Å². The molecule has 1 amide bonds. The number of rotatable bonds is 5. The van der Waals surface area contributed by atoms with Gasteiger partial charge in [-0.1, -0.05) is 52.3 Å². The van der Waals surface area contributed by atoms with Crippen LogP contribution in [0.15, 0.2) is 59.1 Å². The van der Waals surface area contributed by atoms with Crippen molar-refractivity contribution in [3.63, 3.8) is 0 Å². The molecule has 7 heteroatoms. The van der Waals surface area contributed by atoms with Gasteiger partial charge in [-0.3, -0.25) is 9.89 Å². The molecule has 0 saturated heterocycles. The van der Waals surface area contributed by atoms with Gasteiger partial charge >= 0.3 is 5.97 Å². The highest BCUT2D eigenvalue weighted by atomic mass is 79.9. The van der Waals surface area contributed by atoms with Crippen LogP contribution < -0.4 is 5.32 Å². The summed E-state index contributed by atoms with van der Waals surface area (Å²) in [7, 11) is 0. The summed E-state index contributed by atoms with van der Waals surface area (Å²) < 4.78 is 5.92. The van der Waals surface area contributed by atoms with Crippen molar-refractivity contribution in [1.29, 1.82) is 0 Å². The summed E-state index contributed by atoms with van der Waals surface area (Å²) in [4.78, 5) is 24.0. The van der Waals surface area contributed by atoms with Gasteiger partial charge in [0.2, 0.25) is 0 Å². The maximum Gasteiger partial charge on any atom is 0.356 e. The van der Waals surface area contributed by atoms with Crippen LogP contribution in [0.1, 0.15) is 16.1 Å². The van der Waals surface area contributed by atoms with Gasteiger partial charge < -0.3 is 10.1 Å². The lowest BCUT2D eigenvalue weighted by Gasteiger charge is -2.07. The van der Waals surface area contributed by atoms with Crippen molar-refractivity contribution in [2.75, 3.05) is 11.9 Å². The Hall–Kier alpha value is -2.93. The van der Waals surface area contributed by atoms with Gasteiger partial charge in [-0.15, -0.1) is 0 Å². The number of nitrogens with one attached hydrogen (secondary N) is 2. The molecule has 0 unspecified atom stereocenters. The lowest BCUT2D eigenvalue weighted by Crippen LogP contribution is -2.21. The zero-order valence-corrected chi connectivity index (χ0v) is 15.5. The first-order valence-electron chi connectivity index (χ1n) is 7.87. The molecular weight excluding hydrogens is 398 g/mol. The van der Waals surface area contributed by atoms with Crippen LogP contribution in [0.4, 0.5) is 5.69 Å². The lowest BCUT2D eigenvalue weighted by atomic mass is 10.1. The minimum Gasteiger partial charge on any atom is -0.451 e. The lowest BCUT2D eigenvalue weighted by molar-refractivity contribution is -0.119. The van der Waals surface area contributed by atoms with E-state index in [0.29, 0.717) is 11.4 Å². The van der Waals surface area contributed by atoms with Crippen molar-refractivity contribution >= 4 is 33.5 Å². The van der Waals surface area contributed by atoms with Crippen molar-refractivity contribution in [2.24, 2.45) is 0 Å². The molecule has 0 spiro atoms. The first-order valence-corrected chi connectivity index (χ1v) is 8.66. The van der Waals surface area contributed by atoms with E-state index in [1.54, 1.807) is 18.2 Å². The Morgan fingerprint density at radius 1 is 1.15 bits per heavy atom. The Kier molecular flexibility index (Phi) is 5.48. The SMILES string of the molecule is Cc1ccc(NC(=O)COC(=O)c2cc(-c3ccccc3)n[nH]2)cc1Br. The molecule has 132 valence electrons. The summed E-state index contributed by atoms with van der Waals surface area (Å²) in [5, 5.41) is 9.39. The van der Waals surface area contributed by atoms with E-state index in [1.165, 1.54) is 0 Å². The molecule has 26 heavy (non-hydrogen) atoms. The number of hydrogen-bond donors (Lipinski definition) is 2. The van der Waals surface area contributed by atoms with E-state index < -0.39 is 11.9 Å². The maximum absolute atomic E-state index is 12.1. The van der Waals surface area contributed by atoms with Crippen LogP contribution in [-0.4, -0.2) is 28.7 Å². The van der Waals surface area contributed by atoms with Gasteiger partial charge in [0.15, 0.2) is 6.61 Å². The van der Waals surface area contributed by atoms with Crippen molar-refractivity contribution in [2.45, 2.75) is 6.92 Å². The number of carbonyl (C=O) groups is 2. The highest BCUT2D eigenvalue weighted by Crippen LogP contribution is 2.20. The Bertz CT molecular complexity index is 938. The predicted octanol–water partition coefficient (Wildman–Crippen LogP) is 3.94. The number of aromatic amines is 1. The van der Waals surface area contributed by atoms with Gasteiger partial charge in [0.05, 0.1) is 5.69 Å². The summed E-state index contributed by atoms with van der Waals surface area (Å²) in [6, 6.07) is 16.5. The average molecular weight is 414 g/mol. The zero-order valence-electron chi connectivity index (χ0n) is 14.0. The number of H-pyrrole nitrogens is 1. The minimum atomic E-state index is -0.639. The Balaban J connectivity index is 1.56. The number of carbonyl (C=O) groups excluding carboxylic acids is 2. The fourth-order valence-electron chi connectivity index (χ4n) is 2.26. The molecule has 2 N–H and O–H groups in total. The molecule has 3 aromatic rings. The largest absolute Gasteiger partial charge is 0.451 e. The van der Waals surface area contributed by atoms with E-state index in [-0.39, 0.29) is 12.3 Å². The normalized spacial score (nSPS) is 10.4. The van der Waals surface area contributed by atoms with Gasteiger partial charge in [0.1, 0.15) is 5.69 Å². The van der Waals surface area contributed by atoms with Crippen LogP contribution in [-0.2, 0) is 9.53 Å². The molecule has 0 atom stereocenters. The fraction of sp³-hybridized carbons (Fsp3) is 0.105. The third kappa shape index (κ3) is 4.37. The van der Waals surface area contributed by atoms with Gasteiger partial charge in [-0.2, -0.15) is 5.10 Å². The number of amides is 1. The van der Waals surface area contributed by atoms with Crippen LogP contribution in [0, 0.1) is 6.92 Å². The number of aromatic nitrogens is 2. The first-order chi connectivity index (χ1) is 12.5. The third-order valence-corrected chi connectivity index (χ3v) is 4.51. The molecule has 2 aromatic carbocycles. The van der Waals surface area contributed by atoms with E-state index >= 15 is 0 Å². The van der Waals surface area contributed by atoms with E-state index in [1.807, 2.05) is 43.3 Å². The number of hydrogen-bond acceptors (Lipinski definition) is 4. The fourth-order valence-corrected chi connectivity index (χ4v) is 2.64. The van der Waals surface area contributed by atoms with E-state index in [4.69, 9.17) is 4.74 Å². The van der Waals surface area contributed by atoms with Gasteiger partial charge in [-0.05, 0) is 30.7 Å². The number of anilines is 1. The molecule has 3 rings (SSSR count). The van der Waals surface area contributed by atoms with E-state index in [2.05, 4.69) is 31.4 Å². The zero-order chi connectivity index (χ0) is 18.5. The Morgan fingerprint density at radius 2 is 1.92 bits per heavy atom. The monoisotopic (exact) mass is 413 g/mol. The molecule has 0 fully saturated rings. The summed E-state index contributed by atoms with van der Waals surface area (Å²) in [5.74, 6) is -1.06. The highest BCUT2D eigenvalue weighted by molar-refractivity contribution is 9.10. The van der Waals surface area contributed by atoms with Gasteiger partial charge in [0, 0.05) is 15.7 Å². The number of aryl methyl sites for hydroxylation is 1. The summed E-state index contributed by atoms with van der Waals surface area (Å²) in [6.07, 6.45) is 0. The van der Waals surface area contributed by atoms with Crippen LogP contribution in [0.3, 0.4) is 0 Å². The van der Waals surface area contributed by atoms with Crippen LogP contribution >= 0.6 is 15.9 Å². The first kappa shape index (κ1) is 17.9. The van der Waals surface area contributed by atoms with Crippen molar-refractivity contribution in [1.82, 2.24) is 10.2 Å². The second-order valence-corrected chi connectivity index (χ2v) is 6.48. The van der Waals surface area contributed by atoms with Gasteiger partial charge in [0.25, 0.3) is 5.91 Å². The smallest absolute Gasteiger partial charge is 0.356 e. The molecule has 0 aliphatic heterocycles. The molecule has 0 aliphatic rings. The van der Waals surface area contributed by atoms with Gasteiger partial charge in [-0.25, -0.2) is 4.79 Å². The molecule has 0 bridgehead atoms. The van der Waals surface area contributed by atoms with Crippen molar-refractivity contribution < 1.29 is 14.3 Å². The molecular formula is C19H16BrN3O3. The number of nitrogens with zero attached hydrogens (tertiary/aromatic N) is 1. The number of benzene rings is 2. The van der Waals surface area contributed by atoms with E-state index in [0.717, 1.165) is 15.6 Å². The maximum atomic E-state index is 12.1. The highest BCUT2D eigenvalue weighted by Gasteiger charge is 2.14. The van der Waals surface area contributed by atoms with Crippen LogP contribution in [0.2, 0.25) is 0 Å². The summed E-state index contributed by atoms with van der Waals surface area (Å²) in [5.41, 5.74) is 3.38. The Labute approximate surface area is 158 Å². The summed E-state index contributed by atoms with van der Waals surface area (Å²) >= 11 is 3.40. The van der Waals surface area contributed by atoms with Crippen LogP contribution in [0.5, 0.6) is 0 Å². The van der Waals surface area contributed by atoms with E-state index in [9.17, 15) is 9.59 Å². The topological polar surface area (TPSA) is 84.1 Å². The standard InChI is InChI=1S/C19H16BrN3O3/c1-12-7-8-14(9-15(12)20)21-18(24)11-26-19(25)17-10-16(22-23-17)13-5-3-2-4-6-13/h2-10H,11H2,1H3,(H,21,24)(H,22,23). The predicted molar refractivity (Wildman–Crippen MR) is 102 cm³/mol. The van der Waals surface area contributed by atoms with Crippen molar-refractivity contribution in [3.8, 4) is 11.3 Å². The molecule has 0 radical (unpaired) electrons. The molecule has 1 aromatic heterocycles. The minimum absolute atomic E-state index is 0.190. The number of ether oxygens (including phenoxy) is 1. The summed E-state index contributed by atoms with van der Waals surface area (Å²) in [6.45, 7) is 1.57. The second-order valence-electron chi connectivity index (χ2n) is 5.62. The van der Waals surface area contributed by atoms with Crippen LogP contribution in [0.25, 0.3) is 11.3 Å². The second kappa shape index (κ2) is 7.97. The third-order valence-electron chi connectivity index (χ3n) is 3.66. The molecule has 1 heterocycles. The quantitative estimate of drug-likeness (QED) is 0.620. The number of halogens is 1. The molecule has 0 aliphatic carbocycles. The average Bonchev–Trinajstić information content (AvgIpc) is 3.14. The Morgan fingerprint density at radius 3 is 2.65 bits per heavy atom. The molecule has 0 saturated carbocycles.